The molecule has 1 rings (SSSR count). The van der Waals surface area contributed by atoms with Gasteiger partial charge in [-0.3, -0.25) is 9.59 Å². The number of allylic oxidation sites excluding steroid dienone is 2. The molecule has 1 atom stereocenters. The molecule has 0 amide bonds. The van der Waals surface area contributed by atoms with Gasteiger partial charge in [-0.25, -0.2) is 0 Å². The highest BCUT2D eigenvalue weighted by molar-refractivity contribution is 6.00. The Morgan fingerprint density at radius 3 is 2.78 bits per heavy atom. The minimum absolute atomic E-state index is 0.00773. The maximum atomic E-state index is 12.3. The van der Waals surface area contributed by atoms with Crippen LogP contribution >= 0.6 is 0 Å². The van der Waals surface area contributed by atoms with Gasteiger partial charge in [-0.1, -0.05) is 24.7 Å². The Kier molecular flexibility index (Phi) is 7.51. The summed E-state index contributed by atoms with van der Waals surface area (Å²) in [7, 11) is 1.30. The second-order valence-corrected chi connectivity index (χ2v) is 5.59. The van der Waals surface area contributed by atoms with Crippen LogP contribution < -0.4 is 0 Å². The van der Waals surface area contributed by atoms with Crippen molar-refractivity contribution in [3.8, 4) is 0 Å². The highest BCUT2D eigenvalue weighted by Crippen LogP contribution is 2.41. The number of unbranched alkanes of at least 4 members (excludes halogenated alkanes) is 1. The molecule has 128 valence electrons. The van der Waals surface area contributed by atoms with Crippen molar-refractivity contribution in [1.82, 2.24) is 0 Å². The highest BCUT2D eigenvalue weighted by atomic mass is 16.6. The van der Waals surface area contributed by atoms with E-state index >= 15 is 0 Å². The average Bonchev–Trinajstić information content (AvgIpc) is 2.54. The van der Waals surface area contributed by atoms with Crippen LogP contribution in [0.25, 0.3) is 0 Å². The van der Waals surface area contributed by atoms with Gasteiger partial charge in [-0.05, 0) is 25.7 Å². The van der Waals surface area contributed by atoms with Gasteiger partial charge >= 0.3 is 5.97 Å². The molecule has 0 aliphatic heterocycles. The van der Waals surface area contributed by atoms with E-state index < -0.39 is 11.4 Å². The number of ether oxygens (including phenoxy) is 1. The molecule has 1 aliphatic rings. The van der Waals surface area contributed by atoms with E-state index in [9.17, 15) is 14.7 Å². The summed E-state index contributed by atoms with van der Waals surface area (Å²) in [4.78, 5) is 29.1. The van der Waals surface area contributed by atoms with Gasteiger partial charge in [0.2, 0.25) is 0 Å². The summed E-state index contributed by atoms with van der Waals surface area (Å²) in [5.74, 6) is -0.611. The largest absolute Gasteiger partial charge is 0.512 e. The van der Waals surface area contributed by atoms with Crippen LogP contribution in [0.15, 0.2) is 29.1 Å². The van der Waals surface area contributed by atoms with Gasteiger partial charge in [0.25, 0.3) is 0 Å². The number of carbonyl (C=O) groups excluding carboxylic acids is 2. The van der Waals surface area contributed by atoms with Crippen molar-refractivity contribution in [3.63, 3.8) is 0 Å². The van der Waals surface area contributed by atoms with Crippen LogP contribution in [0.3, 0.4) is 0 Å². The maximum absolute atomic E-state index is 12.3. The summed E-state index contributed by atoms with van der Waals surface area (Å²) in [6, 6.07) is 0. The summed E-state index contributed by atoms with van der Waals surface area (Å²) >= 11 is 0. The number of carbonyl (C=O) groups is 2. The molecule has 1 aliphatic carbocycles. The van der Waals surface area contributed by atoms with Crippen LogP contribution in [0.4, 0.5) is 0 Å². The second kappa shape index (κ2) is 9.12. The standard InChI is InChI=1S/C17H25NO5/c1-4-10-23-18-9-7-6-8-13-14(19)11-17(5-2,12-15(13)20)16(21)22-3/h4,9,19H,1,5-8,10-12H2,2-3H3. The molecule has 0 aromatic heterocycles. The molecule has 0 aromatic carbocycles. The molecule has 0 heterocycles. The summed E-state index contributed by atoms with van der Waals surface area (Å²) < 4.78 is 4.80. The Hall–Kier alpha value is -2.11. The zero-order valence-corrected chi connectivity index (χ0v) is 13.8. The predicted octanol–water partition coefficient (Wildman–Crippen LogP) is 3.09. The fourth-order valence-corrected chi connectivity index (χ4v) is 2.67. The van der Waals surface area contributed by atoms with Crippen molar-refractivity contribution >= 4 is 18.0 Å². The lowest BCUT2D eigenvalue weighted by atomic mass is 9.71. The minimum Gasteiger partial charge on any atom is -0.512 e. The lowest BCUT2D eigenvalue weighted by Gasteiger charge is -2.33. The Labute approximate surface area is 136 Å². The molecule has 0 aromatic rings. The van der Waals surface area contributed by atoms with Gasteiger partial charge in [0.1, 0.15) is 12.4 Å². The van der Waals surface area contributed by atoms with E-state index in [4.69, 9.17) is 9.57 Å². The molecule has 0 saturated carbocycles. The molecule has 6 heteroatoms. The van der Waals surface area contributed by atoms with Crippen LogP contribution in [0.2, 0.25) is 0 Å². The van der Waals surface area contributed by atoms with Gasteiger partial charge < -0.3 is 14.7 Å². The van der Waals surface area contributed by atoms with E-state index in [1.54, 1.807) is 12.3 Å². The third-order valence-electron chi connectivity index (χ3n) is 4.09. The molecule has 1 unspecified atom stereocenters. The van der Waals surface area contributed by atoms with Gasteiger partial charge in [0.05, 0.1) is 12.5 Å². The SMILES string of the molecule is C=CCON=CCCCC1=C(O)CC(CC)(C(=O)OC)CC1=O. The number of esters is 1. The Bertz CT molecular complexity index is 509. The first kappa shape index (κ1) is 18.9. The van der Waals surface area contributed by atoms with E-state index in [1.165, 1.54) is 7.11 Å². The lowest BCUT2D eigenvalue weighted by Crippen LogP contribution is -2.38. The van der Waals surface area contributed by atoms with Crippen molar-refractivity contribution < 1.29 is 24.3 Å². The van der Waals surface area contributed by atoms with Crippen LogP contribution in [0.5, 0.6) is 0 Å². The van der Waals surface area contributed by atoms with Crippen LogP contribution in [-0.4, -0.2) is 36.8 Å². The third-order valence-corrected chi connectivity index (χ3v) is 4.09. The average molecular weight is 323 g/mol. The van der Waals surface area contributed by atoms with Gasteiger partial charge in [-0.2, -0.15) is 0 Å². The summed E-state index contributed by atoms with van der Waals surface area (Å²) in [6.07, 6.45) is 5.69. The molecular formula is C17H25NO5. The number of nitrogens with zero attached hydrogens (tertiary/aromatic N) is 1. The Morgan fingerprint density at radius 1 is 1.48 bits per heavy atom. The molecule has 0 saturated heterocycles. The van der Waals surface area contributed by atoms with E-state index in [2.05, 4.69) is 11.7 Å². The summed E-state index contributed by atoms with van der Waals surface area (Å²) in [5.41, 5.74) is -0.516. The van der Waals surface area contributed by atoms with E-state index in [1.807, 2.05) is 6.92 Å². The molecule has 6 nitrogen and oxygen atoms in total. The van der Waals surface area contributed by atoms with Gasteiger partial charge in [-0.15, -0.1) is 0 Å². The summed E-state index contributed by atoms with van der Waals surface area (Å²) in [6.45, 7) is 5.68. The Balaban J connectivity index is 2.63. The number of aliphatic hydroxyl groups is 1. The Morgan fingerprint density at radius 2 is 2.22 bits per heavy atom. The number of hydrogen-bond acceptors (Lipinski definition) is 6. The van der Waals surface area contributed by atoms with Crippen LogP contribution in [-0.2, 0) is 19.2 Å². The zero-order chi connectivity index (χ0) is 17.3. The number of ketones is 1. The number of rotatable bonds is 9. The zero-order valence-electron chi connectivity index (χ0n) is 13.8. The monoisotopic (exact) mass is 323 g/mol. The predicted molar refractivity (Wildman–Crippen MR) is 87.1 cm³/mol. The number of hydrogen-bond donors (Lipinski definition) is 1. The van der Waals surface area contributed by atoms with Crippen molar-refractivity contribution in [2.24, 2.45) is 10.6 Å². The fraction of sp³-hybridized carbons (Fsp3) is 0.588. The van der Waals surface area contributed by atoms with Gasteiger partial charge in [0, 0.05) is 24.6 Å². The summed E-state index contributed by atoms with van der Waals surface area (Å²) in [5, 5.41) is 13.9. The smallest absolute Gasteiger partial charge is 0.312 e. The van der Waals surface area contributed by atoms with Crippen molar-refractivity contribution in [2.75, 3.05) is 13.7 Å². The number of Topliss-reactive ketones (excluding diaryl/α,β-unsaturated/α-hetero) is 1. The first-order valence-corrected chi connectivity index (χ1v) is 7.78. The van der Waals surface area contributed by atoms with E-state index in [0.717, 1.165) is 0 Å². The molecule has 0 bridgehead atoms. The first-order chi connectivity index (χ1) is 11.0. The van der Waals surface area contributed by atoms with E-state index in [-0.39, 0.29) is 24.4 Å². The van der Waals surface area contributed by atoms with Crippen molar-refractivity contribution in [3.05, 3.63) is 24.0 Å². The maximum Gasteiger partial charge on any atom is 0.312 e. The molecule has 0 radical (unpaired) electrons. The lowest BCUT2D eigenvalue weighted by molar-refractivity contribution is -0.156. The quantitative estimate of drug-likeness (QED) is 0.232. The van der Waals surface area contributed by atoms with Crippen LogP contribution in [0.1, 0.15) is 45.4 Å². The molecule has 0 fully saturated rings. The number of methoxy groups -OCH3 is 1. The number of aliphatic hydroxyl groups excluding tert-OH is 1. The number of oxime groups is 1. The first-order valence-electron chi connectivity index (χ1n) is 7.78. The van der Waals surface area contributed by atoms with Crippen LogP contribution in [0, 0.1) is 5.41 Å². The minimum atomic E-state index is -0.931. The molecule has 23 heavy (non-hydrogen) atoms. The molecular weight excluding hydrogens is 298 g/mol. The van der Waals surface area contributed by atoms with Crippen molar-refractivity contribution in [2.45, 2.75) is 45.4 Å². The highest BCUT2D eigenvalue weighted by Gasteiger charge is 2.45. The molecule has 0 spiro atoms. The second-order valence-electron chi connectivity index (χ2n) is 5.59. The van der Waals surface area contributed by atoms with Crippen molar-refractivity contribution in [1.29, 1.82) is 0 Å². The topological polar surface area (TPSA) is 85.2 Å². The fourth-order valence-electron chi connectivity index (χ4n) is 2.67. The molecule has 1 N–H and O–H groups in total. The normalized spacial score (nSPS) is 21.6. The van der Waals surface area contributed by atoms with E-state index in [0.29, 0.717) is 37.9 Å². The third kappa shape index (κ3) is 4.94. The van der Waals surface area contributed by atoms with Gasteiger partial charge in [0.15, 0.2) is 5.78 Å².